The van der Waals surface area contributed by atoms with E-state index in [1.165, 1.54) is 25.8 Å². The smallest absolute Gasteiger partial charge is 0.0477 e. The first-order valence-corrected chi connectivity index (χ1v) is 5.65. The van der Waals surface area contributed by atoms with Crippen LogP contribution in [0.5, 0.6) is 0 Å². The van der Waals surface area contributed by atoms with Gasteiger partial charge in [-0.15, -0.1) is 0 Å². The summed E-state index contributed by atoms with van der Waals surface area (Å²) in [5, 5.41) is 0. The molecule has 0 aliphatic heterocycles. The van der Waals surface area contributed by atoms with Crippen LogP contribution in [0.2, 0.25) is 0 Å². The van der Waals surface area contributed by atoms with Crippen molar-refractivity contribution in [2.24, 2.45) is 11.7 Å². The minimum Gasteiger partial charge on any atom is -0.385 e. The highest BCUT2D eigenvalue weighted by atomic mass is 16.5. The number of hydrogen-bond acceptors (Lipinski definition) is 3. The Bertz CT molecular complexity index is 148. The fraction of sp³-hybridized carbons (Fsp3) is 1.00. The molecule has 1 rings (SSSR count). The van der Waals surface area contributed by atoms with Gasteiger partial charge in [0.2, 0.25) is 0 Å². The molecule has 0 aromatic heterocycles. The van der Waals surface area contributed by atoms with Crippen LogP contribution in [0.25, 0.3) is 0 Å². The molecule has 0 bridgehead atoms. The Balaban J connectivity index is 2.02. The second-order valence-corrected chi connectivity index (χ2v) is 4.56. The van der Waals surface area contributed by atoms with Crippen molar-refractivity contribution < 1.29 is 4.74 Å². The molecule has 0 heterocycles. The number of rotatable bonds is 7. The number of methoxy groups -OCH3 is 1. The Morgan fingerprint density at radius 3 is 2.71 bits per heavy atom. The Kier molecular flexibility index (Phi) is 5.45. The van der Waals surface area contributed by atoms with E-state index in [9.17, 15) is 0 Å². The molecule has 14 heavy (non-hydrogen) atoms. The van der Waals surface area contributed by atoms with Crippen LogP contribution < -0.4 is 5.73 Å². The van der Waals surface area contributed by atoms with Crippen molar-refractivity contribution in [3.63, 3.8) is 0 Å². The average molecular weight is 200 g/mol. The monoisotopic (exact) mass is 200 g/mol. The van der Waals surface area contributed by atoms with Gasteiger partial charge in [-0.2, -0.15) is 0 Å². The van der Waals surface area contributed by atoms with E-state index in [0.29, 0.717) is 0 Å². The molecule has 84 valence electrons. The molecule has 3 heteroatoms. The van der Waals surface area contributed by atoms with Crippen LogP contribution in [0.1, 0.15) is 25.7 Å². The van der Waals surface area contributed by atoms with Gasteiger partial charge in [0.1, 0.15) is 0 Å². The van der Waals surface area contributed by atoms with Gasteiger partial charge in [0.25, 0.3) is 0 Å². The van der Waals surface area contributed by atoms with Crippen LogP contribution in [0, 0.1) is 5.92 Å². The highest BCUT2D eigenvalue weighted by molar-refractivity contribution is 4.74. The molecule has 1 unspecified atom stereocenters. The predicted octanol–water partition coefficient (Wildman–Crippen LogP) is 1.08. The molecule has 1 aliphatic rings. The Morgan fingerprint density at radius 1 is 1.50 bits per heavy atom. The van der Waals surface area contributed by atoms with Gasteiger partial charge in [-0.05, 0) is 32.2 Å². The molecular weight excluding hydrogens is 176 g/mol. The summed E-state index contributed by atoms with van der Waals surface area (Å²) >= 11 is 0. The maximum Gasteiger partial charge on any atom is 0.0477 e. The summed E-state index contributed by atoms with van der Waals surface area (Å²) in [5.41, 5.74) is 5.97. The molecule has 1 atom stereocenters. The molecule has 0 saturated heterocycles. The zero-order valence-electron chi connectivity index (χ0n) is 9.54. The van der Waals surface area contributed by atoms with Crippen LogP contribution in [-0.2, 0) is 4.74 Å². The van der Waals surface area contributed by atoms with Crippen molar-refractivity contribution >= 4 is 0 Å². The van der Waals surface area contributed by atoms with E-state index in [4.69, 9.17) is 10.5 Å². The van der Waals surface area contributed by atoms with Crippen molar-refractivity contribution in [1.29, 1.82) is 0 Å². The zero-order valence-corrected chi connectivity index (χ0v) is 9.54. The van der Waals surface area contributed by atoms with Crippen molar-refractivity contribution in [3.8, 4) is 0 Å². The number of ether oxygens (including phenoxy) is 1. The summed E-state index contributed by atoms with van der Waals surface area (Å²) in [6.45, 7) is 3.00. The lowest BCUT2D eigenvalue weighted by molar-refractivity contribution is 0.166. The molecule has 3 nitrogen and oxygen atoms in total. The van der Waals surface area contributed by atoms with Gasteiger partial charge in [0, 0.05) is 32.8 Å². The van der Waals surface area contributed by atoms with E-state index in [1.807, 2.05) is 0 Å². The molecule has 0 spiro atoms. The number of hydrogen-bond donors (Lipinski definition) is 1. The first-order chi connectivity index (χ1) is 6.72. The molecule has 0 amide bonds. The SMILES string of the molecule is COCCC(N)CN(C)CC1CCC1. The molecule has 2 N–H and O–H groups in total. The molecular formula is C11H24N2O. The maximum absolute atomic E-state index is 5.97. The van der Waals surface area contributed by atoms with Crippen LogP contribution in [0.4, 0.5) is 0 Å². The van der Waals surface area contributed by atoms with Crippen molar-refractivity contribution in [2.75, 3.05) is 33.9 Å². The van der Waals surface area contributed by atoms with Gasteiger partial charge in [0.15, 0.2) is 0 Å². The van der Waals surface area contributed by atoms with Gasteiger partial charge >= 0.3 is 0 Å². The van der Waals surface area contributed by atoms with Gasteiger partial charge in [-0.3, -0.25) is 0 Å². The molecule has 1 saturated carbocycles. The largest absolute Gasteiger partial charge is 0.385 e. The summed E-state index contributed by atoms with van der Waals surface area (Å²) in [6.07, 6.45) is 5.22. The zero-order chi connectivity index (χ0) is 10.4. The summed E-state index contributed by atoms with van der Waals surface area (Å²) < 4.78 is 5.01. The molecule has 1 fully saturated rings. The third-order valence-corrected chi connectivity index (χ3v) is 3.03. The maximum atomic E-state index is 5.97. The van der Waals surface area contributed by atoms with Gasteiger partial charge in [-0.25, -0.2) is 0 Å². The normalized spacial score (nSPS) is 19.7. The van der Waals surface area contributed by atoms with Crippen molar-refractivity contribution in [2.45, 2.75) is 31.7 Å². The second kappa shape index (κ2) is 6.38. The third-order valence-electron chi connectivity index (χ3n) is 3.03. The standard InChI is InChI=1S/C11H24N2O/c1-13(8-10-4-3-5-10)9-11(12)6-7-14-2/h10-11H,3-9,12H2,1-2H3. The first kappa shape index (κ1) is 12.0. The highest BCUT2D eigenvalue weighted by Gasteiger charge is 2.19. The van der Waals surface area contributed by atoms with E-state index in [-0.39, 0.29) is 6.04 Å². The number of nitrogens with two attached hydrogens (primary N) is 1. The molecule has 0 aromatic rings. The van der Waals surface area contributed by atoms with Crippen molar-refractivity contribution in [3.05, 3.63) is 0 Å². The summed E-state index contributed by atoms with van der Waals surface area (Å²) in [7, 11) is 3.90. The van der Waals surface area contributed by atoms with E-state index in [2.05, 4.69) is 11.9 Å². The lowest BCUT2D eigenvalue weighted by Crippen LogP contribution is -2.39. The van der Waals surface area contributed by atoms with Crippen LogP contribution in [0.15, 0.2) is 0 Å². The van der Waals surface area contributed by atoms with Crippen LogP contribution in [0.3, 0.4) is 0 Å². The van der Waals surface area contributed by atoms with E-state index >= 15 is 0 Å². The van der Waals surface area contributed by atoms with Crippen LogP contribution in [-0.4, -0.2) is 44.8 Å². The topological polar surface area (TPSA) is 38.5 Å². The van der Waals surface area contributed by atoms with Crippen molar-refractivity contribution in [1.82, 2.24) is 4.90 Å². The fourth-order valence-corrected chi connectivity index (χ4v) is 1.95. The van der Waals surface area contributed by atoms with Gasteiger partial charge < -0.3 is 15.4 Å². The Morgan fingerprint density at radius 2 is 2.21 bits per heavy atom. The third kappa shape index (κ3) is 4.40. The lowest BCUT2D eigenvalue weighted by Gasteiger charge is -2.31. The summed E-state index contributed by atoms with van der Waals surface area (Å²) in [4.78, 5) is 2.37. The number of nitrogens with zero attached hydrogens (tertiary/aromatic N) is 1. The second-order valence-electron chi connectivity index (χ2n) is 4.56. The summed E-state index contributed by atoms with van der Waals surface area (Å²) in [5.74, 6) is 0.939. The van der Waals surface area contributed by atoms with E-state index < -0.39 is 0 Å². The van der Waals surface area contributed by atoms with Gasteiger partial charge in [-0.1, -0.05) is 6.42 Å². The average Bonchev–Trinajstić information content (AvgIpc) is 2.08. The van der Waals surface area contributed by atoms with Crippen LogP contribution >= 0.6 is 0 Å². The minimum absolute atomic E-state index is 0.264. The Labute approximate surface area is 87.6 Å². The minimum atomic E-state index is 0.264. The highest BCUT2D eigenvalue weighted by Crippen LogP contribution is 2.26. The number of likely N-dealkylation sites (N-methyl/N-ethyl adjacent to an activating group) is 1. The summed E-state index contributed by atoms with van der Waals surface area (Å²) in [6, 6.07) is 0.264. The fourth-order valence-electron chi connectivity index (χ4n) is 1.95. The molecule has 1 aliphatic carbocycles. The molecule has 0 radical (unpaired) electrons. The Hall–Kier alpha value is -0.120. The van der Waals surface area contributed by atoms with Gasteiger partial charge in [0.05, 0.1) is 0 Å². The quantitative estimate of drug-likeness (QED) is 0.668. The molecule has 0 aromatic carbocycles. The van der Waals surface area contributed by atoms with E-state index in [0.717, 1.165) is 25.5 Å². The predicted molar refractivity (Wildman–Crippen MR) is 59.3 cm³/mol. The van der Waals surface area contributed by atoms with E-state index in [1.54, 1.807) is 7.11 Å². The first-order valence-electron chi connectivity index (χ1n) is 5.65. The lowest BCUT2D eigenvalue weighted by atomic mass is 9.85.